The molecule has 1 N–H and O–H groups in total. The van der Waals surface area contributed by atoms with E-state index in [1.54, 1.807) is 24.3 Å². The van der Waals surface area contributed by atoms with E-state index >= 15 is 0 Å². The Labute approximate surface area is 169 Å². The maximum absolute atomic E-state index is 13.0. The number of carbonyl (C=O) groups excluding carboxylic acids is 1. The first-order valence-electron chi connectivity index (χ1n) is 9.02. The van der Waals surface area contributed by atoms with Crippen LogP contribution in [0.2, 0.25) is 0 Å². The molecule has 0 aliphatic rings. The zero-order valence-corrected chi connectivity index (χ0v) is 16.2. The lowest BCUT2D eigenvalue weighted by atomic mass is 10.2. The second-order valence-electron chi connectivity index (χ2n) is 6.37. The SMILES string of the molecule is CCOc1cccc(NC(=O)c2nn(-c3cccc(C(F)(F)F)c3)c(C)cc2=O)c1. The number of aryl methyl sites for hydroxylation is 1. The number of hydrogen-bond donors (Lipinski definition) is 1. The predicted octanol–water partition coefficient (Wildman–Crippen LogP) is 4.21. The third-order valence-corrected chi connectivity index (χ3v) is 4.14. The Kier molecular flexibility index (Phi) is 5.91. The first-order chi connectivity index (χ1) is 14.2. The van der Waals surface area contributed by atoms with Crippen LogP contribution < -0.4 is 15.5 Å². The molecular formula is C21H18F3N3O3. The van der Waals surface area contributed by atoms with Gasteiger partial charge in [-0.3, -0.25) is 9.59 Å². The lowest BCUT2D eigenvalue weighted by Gasteiger charge is -2.14. The summed E-state index contributed by atoms with van der Waals surface area (Å²) in [6, 6.07) is 12.2. The lowest BCUT2D eigenvalue weighted by Crippen LogP contribution is -2.27. The summed E-state index contributed by atoms with van der Waals surface area (Å²) in [6.45, 7) is 3.78. The lowest BCUT2D eigenvalue weighted by molar-refractivity contribution is -0.137. The normalized spacial score (nSPS) is 11.2. The summed E-state index contributed by atoms with van der Waals surface area (Å²) >= 11 is 0. The molecule has 30 heavy (non-hydrogen) atoms. The van der Waals surface area contributed by atoms with Crippen molar-refractivity contribution >= 4 is 11.6 Å². The minimum Gasteiger partial charge on any atom is -0.494 e. The fourth-order valence-corrected chi connectivity index (χ4v) is 2.80. The highest BCUT2D eigenvalue weighted by molar-refractivity contribution is 6.02. The van der Waals surface area contributed by atoms with Gasteiger partial charge < -0.3 is 10.1 Å². The van der Waals surface area contributed by atoms with E-state index in [1.807, 2.05) is 6.92 Å². The van der Waals surface area contributed by atoms with E-state index in [2.05, 4.69) is 10.4 Å². The average molecular weight is 417 g/mol. The maximum atomic E-state index is 13.0. The molecule has 0 aliphatic heterocycles. The molecule has 0 saturated heterocycles. The molecule has 0 spiro atoms. The maximum Gasteiger partial charge on any atom is 0.416 e. The van der Waals surface area contributed by atoms with E-state index in [0.29, 0.717) is 18.0 Å². The monoisotopic (exact) mass is 417 g/mol. The van der Waals surface area contributed by atoms with Crippen molar-refractivity contribution in [3.05, 3.63) is 81.8 Å². The van der Waals surface area contributed by atoms with Crippen molar-refractivity contribution in [1.82, 2.24) is 9.78 Å². The smallest absolute Gasteiger partial charge is 0.416 e. The fourth-order valence-electron chi connectivity index (χ4n) is 2.80. The van der Waals surface area contributed by atoms with Crippen molar-refractivity contribution in [3.63, 3.8) is 0 Å². The van der Waals surface area contributed by atoms with E-state index in [1.165, 1.54) is 19.1 Å². The van der Waals surface area contributed by atoms with Crippen LogP contribution in [0.25, 0.3) is 5.69 Å². The molecule has 0 unspecified atom stereocenters. The largest absolute Gasteiger partial charge is 0.494 e. The quantitative estimate of drug-likeness (QED) is 0.675. The first-order valence-corrected chi connectivity index (χ1v) is 9.02. The summed E-state index contributed by atoms with van der Waals surface area (Å²) in [7, 11) is 0. The molecule has 0 atom stereocenters. The molecular weight excluding hydrogens is 399 g/mol. The standard InChI is InChI=1S/C21H18F3N3O3/c1-3-30-17-9-5-7-15(12-17)25-20(29)19-18(28)10-13(2)27(26-19)16-8-4-6-14(11-16)21(22,23)24/h4-12H,3H2,1-2H3,(H,25,29). The van der Waals surface area contributed by atoms with E-state index < -0.39 is 28.8 Å². The van der Waals surface area contributed by atoms with Gasteiger partial charge in [0.15, 0.2) is 5.69 Å². The van der Waals surface area contributed by atoms with Crippen LogP contribution in [-0.2, 0) is 6.18 Å². The third kappa shape index (κ3) is 4.68. The van der Waals surface area contributed by atoms with Crippen molar-refractivity contribution in [2.75, 3.05) is 11.9 Å². The van der Waals surface area contributed by atoms with Crippen LogP contribution in [0.15, 0.2) is 59.4 Å². The molecule has 0 radical (unpaired) electrons. The Morgan fingerprint density at radius 3 is 2.57 bits per heavy atom. The number of amides is 1. The number of benzene rings is 2. The summed E-state index contributed by atoms with van der Waals surface area (Å²) in [5.41, 5.74) is -1.20. The number of carbonyl (C=O) groups is 1. The number of alkyl halides is 3. The minimum atomic E-state index is -4.53. The van der Waals surface area contributed by atoms with Gasteiger partial charge in [-0.1, -0.05) is 12.1 Å². The number of ether oxygens (including phenoxy) is 1. The van der Waals surface area contributed by atoms with Gasteiger partial charge in [-0.15, -0.1) is 0 Å². The highest BCUT2D eigenvalue weighted by Gasteiger charge is 2.30. The first kappa shape index (κ1) is 21.1. The van der Waals surface area contributed by atoms with E-state index in [4.69, 9.17) is 4.74 Å². The summed E-state index contributed by atoms with van der Waals surface area (Å²) in [5.74, 6) is -0.247. The molecule has 0 aliphatic carbocycles. The van der Waals surface area contributed by atoms with Gasteiger partial charge in [-0.2, -0.15) is 18.3 Å². The van der Waals surface area contributed by atoms with Crippen LogP contribution in [0.1, 0.15) is 28.7 Å². The van der Waals surface area contributed by atoms with Gasteiger partial charge in [0.2, 0.25) is 5.43 Å². The molecule has 0 bridgehead atoms. The zero-order valence-electron chi connectivity index (χ0n) is 16.2. The van der Waals surface area contributed by atoms with E-state index in [-0.39, 0.29) is 11.4 Å². The topological polar surface area (TPSA) is 73.2 Å². The second kappa shape index (κ2) is 8.40. The van der Waals surface area contributed by atoms with Gasteiger partial charge in [-0.25, -0.2) is 4.68 Å². The minimum absolute atomic E-state index is 0.0784. The van der Waals surface area contributed by atoms with Crippen LogP contribution >= 0.6 is 0 Å². The highest BCUT2D eigenvalue weighted by Crippen LogP contribution is 2.30. The van der Waals surface area contributed by atoms with Crippen LogP contribution in [0.5, 0.6) is 5.75 Å². The Hall–Kier alpha value is -3.62. The van der Waals surface area contributed by atoms with Gasteiger partial charge in [0.05, 0.1) is 17.9 Å². The van der Waals surface area contributed by atoms with Crippen LogP contribution in [0, 0.1) is 6.92 Å². The number of halogens is 3. The molecule has 0 fully saturated rings. The van der Waals surface area contributed by atoms with E-state index in [9.17, 15) is 22.8 Å². The molecule has 3 aromatic rings. The van der Waals surface area contributed by atoms with Crippen LogP contribution in [-0.4, -0.2) is 22.3 Å². The number of aromatic nitrogens is 2. The molecule has 6 nitrogen and oxygen atoms in total. The van der Waals surface area contributed by atoms with Gasteiger partial charge in [0.25, 0.3) is 5.91 Å². The molecule has 9 heteroatoms. The summed E-state index contributed by atoms with van der Waals surface area (Å²) in [4.78, 5) is 24.9. The number of rotatable bonds is 5. The average Bonchev–Trinajstić information content (AvgIpc) is 2.68. The highest BCUT2D eigenvalue weighted by atomic mass is 19.4. The van der Waals surface area contributed by atoms with Crippen LogP contribution in [0.4, 0.5) is 18.9 Å². The fraction of sp³-hybridized carbons (Fsp3) is 0.190. The number of nitrogens with zero attached hydrogens (tertiary/aromatic N) is 2. The van der Waals surface area contributed by atoms with Crippen LogP contribution in [0.3, 0.4) is 0 Å². The predicted molar refractivity (Wildman–Crippen MR) is 105 cm³/mol. The van der Waals surface area contributed by atoms with Gasteiger partial charge in [0, 0.05) is 23.5 Å². The third-order valence-electron chi connectivity index (χ3n) is 4.14. The Morgan fingerprint density at radius 2 is 1.87 bits per heavy atom. The number of hydrogen-bond acceptors (Lipinski definition) is 4. The van der Waals surface area contributed by atoms with E-state index in [0.717, 1.165) is 22.9 Å². The number of nitrogens with one attached hydrogen (secondary N) is 1. The van der Waals surface area contributed by atoms with Gasteiger partial charge in [0.1, 0.15) is 5.75 Å². The van der Waals surface area contributed by atoms with Gasteiger partial charge >= 0.3 is 6.18 Å². The number of anilines is 1. The van der Waals surface area contributed by atoms with Crippen molar-refractivity contribution in [3.8, 4) is 11.4 Å². The van der Waals surface area contributed by atoms with Crippen molar-refractivity contribution in [1.29, 1.82) is 0 Å². The molecule has 1 aromatic heterocycles. The second-order valence-corrected chi connectivity index (χ2v) is 6.37. The van der Waals surface area contributed by atoms with Crippen molar-refractivity contribution in [2.45, 2.75) is 20.0 Å². The molecule has 0 saturated carbocycles. The Bertz CT molecular complexity index is 1140. The van der Waals surface area contributed by atoms with Crippen molar-refractivity contribution in [2.24, 2.45) is 0 Å². The zero-order chi connectivity index (χ0) is 21.9. The summed E-state index contributed by atoms with van der Waals surface area (Å²) < 4.78 is 45.6. The van der Waals surface area contributed by atoms with Gasteiger partial charge in [-0.05, 0) is 44.2 Å². The summed E-state index contributed by atoms with van der Waals surface area (Å²) in [6.07, 6.45) is -4.53. The van der Waals surface area contributed by atoms with Crippen molar-refractivity contribution < 1.29 is 22.7 Å². The summed E-state index contributed by atoms with van der Waals surface area (Å²) in [5, 5.41) is 6.57. The molecule has 3 rings (SSSR count). The molecule has 156 valence electrons. The Balaban J connectivity index is 1.97. The molecule has 1 amide bonds. The molecule has 1 heterocycles. The Morgan fingerprint density at radius 1 is 1.13 bits per heavy atom. The molecule has 2 aromatic carbocycles.